The summed E-state index contributed by atoms with van der Waals surface area (Å²) in [6.07, 6.45) is 1.86. The Morgan fingerprint density at radius 3 is 2.40 bits per heavy atom. The van der Waals surface area contributed by atoms with Gasteiger partial charge in [-0.15, -0.1) is 11.3 Å². The maximum absolute atomic E-state index is 4.36. The topological polar surface area (TPSA) is 24.9 Å². The molecule has 0 saturated heterocycles. The molecule has 15 heavy (non-hydrogen) atoms. The molecule has 0 amide bonds. The number of aromatic nitrogens is 1. The molecule has 0 aliphatic carbocycles. The summed E-state index contributed by atoms with van der Waals surface area (Å²) in [5.74, 6) is 0. The first-order chi connectivity index (χ1) is 6.80. The minimum absolute atomic E-state index is 0.281. The number of hydrogen-bond donors (Lipinski definition) is 1. The van der Waals surface area contributed by atoms with Gasteiger partial charge in [0.25, 0.3) is 0 Å². The van der Waals surface area contributed by atoms with E-state index in [1.165, 1.54) is 0 Å². The van der Waals surface area contributed by atoms with Crippen molar-refractivity contribution < 1.29 is 0 Å². The van der Waals surface area contributed by atoms with Crippen LogP contribution in [0.1, 0.15) is 45.7 Å². The molecule has 0 aliphatic heterocycles. The fourth-order valence-electron chi connectivity index (χ4n) is 1.16. The smallest absolute Gasteiger partial charge is 0.110 e. The van der Waals surface area contributed by atoms with Gasteiger partial charge in [-0.05, 0) is 35.2 Å². The fourth-order valence-corrected chi connectivity index (χ4v) is 2.42. The molecule has 86 valence electrons. The molecule has 2 unspecified atom stereocenters. The van der Waals surface area contributed by atoms with Gasteiger partial charge in [0.05, 0.1) is 16.0 Å². The van der Waals surface area contributed by atoms with E-state index in [0.29, 0.717) is 12.1 Å². The molecule has 2 atom stereocenters. The van der Waals surface area contributed by atoms with E-state index in [1.54, 1.807) is 11.3 Å². The Hall–Kier alpha value is 0.0700. The van der Waals surface area contributed by atoms with Crippen molar-refractivity contribution in [2.24, 2.45) is 5.41 Å². The Kier molecular flexibility index (Phi) is 4.32. The van der Waals surface area contributed by atoms with Gasteiger partial charge in [-0.2, -0.15) is 0 Å². The molecule has 1 aromatic rings. The maximum atomic E-state index is 4.36. The first kappa shape index (κ1) is 13.1. The lowest BCUT2D eigenvalue weighted by Crippen LogP contribution is -2.39. The van der Waals surface area contributed by atoms with Crippen LogP contribution >= 0.6 is 27.3 Å². The number of hydrogen-bond acceptors (Lipinski definition) is 3. The van der Waals surface area contributed by atoms with E-state index in [2.05, 4.69) is 60.8 Å². The first-order valence-corrected chi connectivity index (χ1v) is 6.79. The van der Waals surface area contributed by atoms with Crippen LogP contribution in [-0.4, -0.2) is 11.0 Å². The molecule has 0 fully saturated rings. The predicted octanol–water partition coefficient (Wildman–Crippen LogP) is 3.99. The first-order valence-electron chi connectivity index (χ1n) is 5.18. The zero-order chi connectivity index (χ0) is 11.6. The van der Waals surface area contributed by atoms with Crippen molar-refractivity contribution >= 4 is 27.3 Å². The highest BCUT2D eigenvalue weighted by atomic mass is 79.9. The van der Waals surface area contributed by atoms with Gasteiger partial charge >= 0.3 is 0 Å². The molecule has 1 rings (SSSR count). The van der Waals surface area contributed by atoms with Gasteiger partial charge in [-0.25, -0.2) is 4.98 Å². The number of thiazole rings is 1. The van der Waals surface area contributed by atoms with Crippen molar-refractivity contribution in [1.29, 1.82) is 0 Å². The second-order valence-corrected chi connectivity index (χ2v) is 7.42. The van der Waals surface area contributed by atoms with E-state index < -0.39 is 0 Å². The van der Waals surface area contributed by atoms with Crippen molar-refractivity contribution in [3.8, 4) is 0 Å². The maximum Gasteiger partial charge on any atom is 0.110 e. The second-order valence-electron chi connectivity index (χ2n) is 4.98. The molecule has 1 aromatic heterocycles. The van der Waals surface area contributed by atoms with E-state index in [4.69, 9.17) is 0 Å². The Labute approximate surface area is 105 Å². The molecule has 0 spiro atoms. The average Bonchev–Trinajstić information content (AvgIpc) is 2.50. The zero-order valence-corrected chi connectivity index (χ0v) is 12.4. The molecule has 1 heterocycles. The zero-order valence-electron chi connectivity index (χ0n) is 9.97. The highest BCUT2D eigenvalue weighted by molar-refractivity contribution is 9.11. The van der Waals surface area contributed by atoms with Gasteiger partial charge < -0.3 is 5.32 Å². The average molecular weight is 291 g/mol. The van der Waals surface area contributed by atoms with Crippen LogP contribution in [0.15, 0.2) is 9.98 Å². The lowest BCUT2D eigenvalue weighted by atomic mass is 9.88. The standard InChI is InChI=1S/C11H19BrN2S/c1-7(10-13-6-9(12)15-10)14-8(2)11(3,4)5/h6-8,14H,1-5H3. The van der Waals surface area contributed by atoms with Crippen LogP contribution in [0.25, 0.3) is 0 Å². The Morgan fingerprint density at radius 1 is 1.40 bits per heavy atom. The largest absolute Gasteiger partial charge is 0.305 e. The number of nitrogens with one attached hydrogen (secondary N) is 1. The summed E-state index contributed by atoms with van der Waals surface area (Å²) in [6, 6.07) is 0.783. The van der Waals surface area contributed by atoms with Crippen LogP contribution in [0.2, 0.25) is 0 Å². The lowest BCUT2D eigenvalue weighted by molar-refractivity contribution is 0.268. The van der Waals surface area contributed by atoms with Crippen molar-refractivity contribution in [3.63, 3.8) is 0 Å². The highest BCUT2D eigenvalue weighted by Gasteiger charge is 2.22. The Morgan fingerprint density at radius 2 is 2.00 bits per heavy atom. The third kappa shape index (κ3) is 3.85. The molecule has 1 N–H and O–H groups in total. The van der Waals surface area contributed by atoms with Gasteiger partial charge in [0.2, 0.25) is 0 Å². The predicted molar refractivity (Wildman–Crippen MR) is 70.3 cm³/mol. The van der Waals surface area contributed by atoms with Gasteiger partial charge in [-0.1, -0.05) is 20.8 Å². The van der Waals surface area contributed by atoms with E-state index in [9.17, 15) is 0 Å². The van der Waals surface area contributed by atoms with E-state index >= 15 is 0 Å². The van der Waals surface area contributed by atoms with Gasteiger partial charge in [0.15, 0.2) is 0 Å². The Bertz CT molecular complexity index is 317. The third-order valence-electron chi connectivity index (χ3n) is 2.66. The minimum Gasteiger partial charge on any atom is -0.305 e. The summed E-state index contributed by atoms with van der Waals surface area (Å²) in [7, 11) is 0. The van der Waals surface area contributed by atoms with Gasteiger partial charge in [0, 0.05) is 6.04 Å². The normalized spacial score (nSPS) is 16.4. The molecular weight excluding hydrogens is 272 g/mol. The van der Waals surface area contributed by atoms with Crippen molar-refractivity contribution in [1.82, 2.24) is 10.3 Å². The van der Waals surface area contributed by atoms with Crippen molar-refractivity contribution in [2.45, 2.75) is 46.7 Å². The molecule has 0 aliphatic rings. The third-order valence-corrected chi connectivity index (χ3v) is 4.32. The van der Waals surface area contributed by atoms with Crippen LogP contribution in [0.5, 0.6) is 0 Å². The molecule has 0 bridgehead atoms. The molecule has 0 aromatic carbocycles. The summed E-state index contributed by atoms with van der Waals surface area (Å²) in [4.78, 5) is 4.36. The van der Waals surface area contributed by atoms with Crippen LogP contribution in [0.3, 0.4) is 0 Å². The fraction of sp³-hybridized carbons (Fsp3) is 0.727. The Balaban J connectivity index is 2.60. The van der Waals surface area contributed by atoms with E-state index in [1.807, 2.05) is 6.20 Å². The van der Waals surface area contributed by atoms with Crippen LogP contribution in [0.4, 0.5) is 0 Å². The second kappa shape index (κ2) is 4.93. The van der Waals surface area contributed by atoms with Crippen molar-refractivity contribution in [3.05, 3.63) is 15.0 Å². The van der Waals surface area contributed by atoms with Crippen LogP contribution in [-0.2, 0) is 0 Å². The van der Waals surface area contributed by atoms with Gasteiger partial charge in [0.1, 0.15) is 5.01 Å². The SMILES string of the molecule is CC(NC(C)C(C)(C)C)c1ncc(Br)s1. The van der Waals surface area contributed by atoms with E-state index in [0.717, 1.165) is 8.79 Å². The van der Waals surface area contributed by atoms with E-state index in [-0.39, 0.29) is 5.41 Å². The van der Waals surface area contributed by atoms with Crippen LogP contribution in [0, 0.1) is 5.41 Å². The quantitative estimate of drug-likeness (QED) is 0.910. The number of nitrogens with zero attached hydrogens (tertiary/aromatic N) is 1. The number of halogens is 1. The molecule has 2 nitrogen and oxygen atoms in total. The monoisotopic (exact) mass is 290 g/mol. The summed E-state index contributed by atoms with van der Waals surface area (Å²) in [5.41, 5.74) is 0.281. The summed E-state index contributed by atoms with van der Waals surface area (Å²) >= 11 is 5.13. The summed E-state index contributed by atoms with van der Waals surface area (Å²) in [5, 5.41) is 4.71. The molecule has 4 heteroatoms. The number of rotatable bonds is 3. The molecule has 0 saturated carbocycles. The molecule has 0 radical (unpaired) electrons. The van der Waals surface area contributed by atoms with Crippen LogP contribution < -0.4 is 5.32 Å². The lowest BCUT2D eigenvalue weighted by Gasteiger charge is -2.30. The summed E-state index contributed by atoms with van der Waals surface area (Å²) < 4.78 is 1.09. The van der Waals surface area contributed by atoms with Gasteiger partial charge in [-0.3, -0.25) is 0 Å². The molecular formula is C11H19BrN2S. The van der Waals surface area contributed by atoms with Crippen molar-refractivity contribution in [2.75, 3.05) is 0 Å². The highest BCUT2D eigenvalue weighted by Crippen LogP contribution is 2.26. The summed E-state index contributed by atoms with van der Waals surface area (Å²) in [6.45, 7) is 11.1. The minimum atomic E-state index is 0.281.